The van der Waals surface area contributed by atoms with E-state index in [0.717, 1.165) is 44.1 Å². The molecule has 0 aromatic heterocycles. The van der Waals surface area contributed by atoms with Gasteiger partial charge in [0.15, 0.2) is 0 Å². The van der Waals surface area contributed by atoms with Gasteiger partial charge >= 0.3 is 0 Å². The van der Waals surface area contributed by atoms with Crippen LogP contribution >= 0.6 is 11.6 Å². The minimum Gasteiger partial charge on any atom is -0.390 e. The minimum absolute atomic E-state index is 0.00201. The van der Waals surface area contributed by atoms with Crippen LogP contribution in [0.15, 0.2) is 11.6 Å². The van der Waals surface area contributed by atoms with E-state index in [-0.39, 0.29) is 16.7 Å². The maximum absolute atomic E-state index is 11.2. The van der Waals surface area contributed by atoms with E-state index in [1.54, 1.807) is 0 Å². The fourth-order valence-corrected chi connectivity index (χ4v) is 8.58. The Labute approximate surface area is 158 Å². The molecule has 0 aromatic carbocycles. The molecular formula is C22H35ClO2. The van der Waals surface area contributed by atoms with Crippen LogP contribution in [-0.2, 0) is 0 Å². The number of rotatable bonds is 1. The van der Waals surface area contributed by atoms with Gasteiger partial charge in [-0.15, -0.1) is 11.6 Å². The van der Waals surface area contributed by atoms with Crippen molar-refractivity contribution in [3.8, 4) is 0 Å². The van der Waals surface area contributed by atoms with Gasteiger partial charge in [0.1, 0.15) is 6.10 Å². The minimum atomic E-state index is -0.736. The Bertz CT molecular complexity index is 589. The summed E-state index contributed by atoms with van der Waals surface area (Å²) in [6, 6.07) is 0. The maximum Gasteiger partial charge on any atom is 0.102 e. The van der Waals surface area contributed by atoms with Crippen LogP contribution in [0.5, 0.6) is 0 Å². The molecule has 3 heteroatoms. The summed E-state index contributed by atoms with van der Waals surface area (Å²) in [6.45, 7) is 9.41. The predicted octanol–water partition coefficient (Wildman–Crippen LogP) is 4.91. The molecule has 0 aromatic rings. The second-order valence-electron chi connectivity index (χ2n) is 10.0. The first kappa shape index (κ1) is 18.3. The fraction of sp³-hybridized carbons (Fsp3) is 0.909. The van der Waals surface area contributed by atoms with Crippen LogP contribution in [0, 0.1) is 34.5 Å². The molecule has 4 rings (SSSR count). The van der Waals surface area contributed by atoms with Crippen LogP contribution in [0.4, 0.5) is 0 Å². The van der Waals surface area contributed by atoms with Crippen molar-refractivity contribution in [2.75, 3.05) is 0 Å². The van der Waals surface area contributed by atoms with E-state index in [2.05, 4.69) is 33.8 Å². The Balaban J connectivity index is 1.82. The number of alkyl halides is 1. The normalized spacial score (nSPS) is 58.1. The molecule has 0 spiro atoms. The molecule has 0 saturated heterocycles. The SMILES string of the molecule is CC[C@@H]1[C@H](C)C[C@H]2[C@@H]3[C@@H](O)[C@@H](O)C4=CCCC[C@]4(C)[C@@]3(Cl)CC[C@]12C. The second-order valence-corrected chi connectivity index (χ2v) is 10.7. The fourth-order valence-electron chi connectivity index (χ4n) is 8.00. The molecule has 2 nitrogen and oxygen atoms in total. The number of hydrogen-bond donors (Lipinski definition) is 2. The zero-order valence-electron chi connectivity index (χ0n) is 16.3. The lowest BCUT2D eigenvalue weighted by Gasteiger charge is -2.65. The molecule has 142 valence electrons. The lowest BCUT2D eigenvalue weighted by atomic mass is 9.45. The maximum atomic E-state index is 11.2. The summed E-state index contributed by atoms with van der Waals surface area (Å²) in [5.41, 5.74) is 1.11. The third-order valence-electron chi connectivity index (χ3n) is 9.25. The summed E-state index contributed by atoms with van der Waals surface area (Å²) >= 11 is 7.51. The first-order valence-corrected chi connectivity index (χ1v) is 10.8. The van der Waals surface area contributed by atoms with Crippen LogP contribution in [0.1, 0.15) is 72.6 Å². The largest absolute Gasteiger partial charge is 0.390 e. The van der Waals surface area contributed by atoms with E-state index in [1.165, 1.54) is 6.42 Å². The van der Waals surface area contributed by atoms with Crippen molar-refractivity contribution in [2.45, 2.75) is 89.7 Å². The van der Waals surface area contributed by atoms with E-state index in [0.29, 0.717) is 17.8 Å². The van der Waals surface area contributed by atoms with E-state index in [4.69, 9.17) is 11.6 Å². The van der Waals surface area contributed by atoms with Crippen LogP contribution < -0.4 is 0 Å². The number of fused-ring (bicyclic) bond motifs is 5. The zero-order valence-corrected chi connectivity index (χ0v) is 17.0. The van der Waals surface area contributed by atoms with Crippen molar-refractivity contribution >= 4 is 11.6 Å². The van der Waals surface area contributed by atoms with Crippen molar-refractivity contribution < 1.29 is 10.2 Å². The smallest absolute Gasteiger partial charge is 0.102 e. The van der Waals surface area contributed by atoms with Crippen LogP contribution in [0.2, 0.25) is 0 Å². The molecule has 4 aliphatic rings. The lowest BCUT2D eigenvalue weighted by molar-refractivity contribution is -0.135. The molecule has 25 heavy (non-hydrogen) atoms. The van der Waals surface area contributed by atoms with Crippen LogP contribution in [-0.4, -0.2) is 27.3 Å². The topological polar surface area (TPSA) is 40.5 Å². The van der Waals surface area contributed by atoms with Gasteiger partial charge < -0.3 is 10.2 Å². The average Bonchev–Trinajstić information content (AvgIpc) is 2.83. The van der Waals surface area contributed by atoms with Gasteiger partial charge in [-0.2, -0.15) is 0 Å². The summed E-state index contributed by atoms with van der Waals surface area (Å²) in [5, 5.41) is 22.2. The molecule has 0 aliphatic heterocycles. The molecular weight excluding hydrogens is 332 g/mol. The van der Waals surface area contributed by atoms with Crippen molar-refractivity contribution in [1.29, 1.82) is 0 Å². The molecule has 0 heterocycles. The number of hydrogen-bond acceptors (Lipinski definition) is 2. The van der Waals surface area contributed by atoms with Crippen LogP contribution in [0.25, 0.3) is 0 Å². The second kappa shape index (κ2) is 5.72. The molecule has 3 fully saturated rings. The molecule has 0 radical (unpaired) electrons. The molecule has 3 saturated carbocycles. The van der Waals surface area contributed by atoms with E-state index in [9.17, 15) is 10.2 Å². The highest BCUT2D eigenvalue weighted by molar-refractivity contribution is 6.25. The zero-order chi connectivity index (χ0) is 18.2. The number of aliphatic hydroxyl groups is 2. The quantitative estimate of drug-likeness (QED) is 0.511. The highest BCUT2D eigenvalue weighted by Gasteiger charge is 2.69. The number of aliphatic hydroxyl groups excluding tert-OH is 2. The van der Waals surface area contributed by atoms with Crippen molar-refractivity contribution in [2.24, 2.45) is 34.5 Å². The predicted molar refractivity (Wildman–Crippen MR) is 103 cm³/mol. The highest BCUT2D eigenvalue weighted by atomic mass is 35.5. The van der Waals surface area contributed by atoms with Gasteiger partial charge in [-0.05, 0) is 67.3 Å². The van der Waals surface area contributed by atoms with Crippen LogP contribution in [0.3, 0.4) is 0 Å². The summed E-state index contributed by atoms with van der Waals surface area (Å²) < 4.78 is 0. The average molecular weight is 367 g/mol. The van der Waals surface area contributed by atoms with E-state index in [1.807, 2.05) is 0 Å². The summed E-state index contributed by atoms with van der Waals surface area (Å²) in [7, 11) is 0. The van der Waals surface area contributed by atoms with E-state index >= 15 is 0 Å². The molecule has 9 atom stereocenters. The number of allylic oxidation sites excluding steroid dienone is 1. The van der Waals surface area contributed by atoms with Gasteiger partial charge in [-0.25, -0.2) is 0 Å². The summed E-state index contributed by atoms with van der Waals surface area (Å²) in [4.78, 5) is -0.412. The first-order valence-electron chi connectivity index (χ1n) is 10.5. The van der Waals surface area contributed by atoms with Crippen molar-refractivity contribution in [3.05, 3.63) is 11.6 Å². The molecule has 2 N–H and O–H groups in total. The standard InChI is InChI=1S/C22H35ClO2/c1-5-14-13(2)12-16-17-19(25)18(24)15-8-6-7-9-21(15,4)22(17,23)11-10-20(14,16)3/h8,13-14,16-19,24-25H,5-7,9-12H2,1-4H3/t13-,14-,16+,17-,18+,19-,20-,21+,22-/m1/s1. The van der Waals surface area contributed by atoms with Gasteiger partial charge in [0.05, 0.1) is 11.0 Å². The Hall–Kier alpha value is -0.0500. The lowest BCUT2D eigenvalue weighted by Crippen LogP contribution is -2.67. The molecule has 0 bridgehead atoms. The van der Waals surface area contributed by atoms with Gasteiger partial charge in [0, 0.05) is 11.3 Å². The van der Waals surface area contributed by atoms with Crippen molar-refractivity contribution in [3.63, 3.8) is 0 Å². The number of halogens is 1. The summed E-state index contributed by atoms with van der Waals surface area (Å²) in [6.07, 6.45) is 8.38. The highest BCUT2D eigenvalue weighted by Crippen LogP contribution is 2.71. The Morgan fingerprint density at radius 2 is 1.92 bits per heavy atom. The van der Waals surface area contributed by atoms with Gasteiger partial charge in [-0.3, -0.25) is 0 Å². The molecule has 0 amide bonds. The Kier molecular flexibility index (Phi) is 4.19. The van der Waals surface area contributed by atoms with Gasteiger partial charge in [0.2, 0.25) is 0 Å². The molecule has 0 unspecified atom stereocenters. The van der Waals surface area contributed by atoms with Gasteiger partial charge in [0.25, 0.3) is 0 Å². The van der Waals surface area contributed by atoms with Gasteiger partial charge in [-0.1, -0.05) is 40.2 Å². The molecule has 4 aliphatic carbocycles. The monoisotopic (exact) mass is 366 g/mol. The summed E-state index contributed by atoms with van der Waals surface area (Å²) in [5.74, 6) is 1.81. The third-order valence-corrected chi connectivity index (χ3v) is 10.1. The first-order chi connectivity index (χ1) is 11.7. The third kappa shape index (κ3) is 2.11. The van der Waals surface area contributed by atoms with E-state index < -0.39 is 17.1 Å². The van der Waals surface area contributed by atoms with Crippen molar-refractivity contribution in [1.82, 2.24) is 0 Å². The Morgan fingerprint density at radius 3 is 2.60 bits per heavy atom. The Morgan fingerprint density at radius 1 is 1.20 bits per heavy atom.